The Bertz CT molecular complexity index is 927. The number of hydrogen-bond donors (Lipinski definition) is 2. The summed E-state index contributed by atoms with van der Waals surface area (Å²) in [6, 6.07) is 16.6. The van der Waals surface area contributed by atoms with Gasteiger partial charge in [0, 0.05) is 11.9 Å². The van der Waals surface area contributed by atoms with Crippen LogP contribution in [0.1, 0.15) is 35.8 Å². The summed E-state index contributed by atoms with van der Waals surface area (Å²) in [7, 11) is 0. The first-order chi connectivity index (χ1) is 12.5. The van der Waals surface area contributed by atoms with Crippen molar-refractivity contribution in [1.82, 2.24) is 9.97 Å². The maximum Gasteiger partial charge on any atom is 0.274 e. The Hall–Kier alpha value is -2.92. The molecule has 0 atom stereocenters. The molecule has 0 saturated heterocycles. The number of nitrogens with zero attached hydrogens (tertiary/aromatic N) is 2. The van der Waals surface area contributed by atoms with Gasteiger partial charge in [-0.1, -0.05) is 55.8 Å². The summed E-state index contributed by atoms with van der Waals surface area (Å²) in [6.45, 7) is 4.24. The quantitative estimate of drug-likeness (QED) is 0.647. The van der Waals surface area contributed by atoms with E-state index in [1.165, 1.54) is 0 Å². The van der Waals surface area contributed by atoms with Gasteiger partial charge in [0.25, 0.3) is 5.91 Å². The number of halogens is 1. The van der Waals surface area contributed by atoms with Gasteiger partial charge >= 0.3 is 0 Å². The highest BCUT2D eigenvalue weighted by atomic mass is 35.5. The number of carbonyl (C=O) groups excluding carboxylic acids is 1. The van der Waals surface area contributed by atoms with E-state index < -0.39 is 0 Å². The summed E-state index contributed by atoms with van der Waals surface area (Å²) in [6.07, 6.45) is 1.55. The molecule has 1 amide bonds. The van der Waals surface area contributed by atoms with Gasteiger partial charge in [0.15, 0.2) is 0 Å². The number of anilines is 3. The number of para-hydroxylation sites is 2. The van der Waals surface area contributed by atoms with Crippen LogP contribution in [0.5, 0.6) is 0 Å². The van der Waals surface area contributed by atoms with Crippen molar-refractivity contribution in [3.8, 4) is 0 Å². The minimum Gasteiger partial charge on any atom is -0.324 e. The number of amides is 1. The van der Waals surface area contributed by atoms with Crippen molar-refractivity contribution in [2.45, 2.75) is 19.8 Å². The van der Waals surface area contributed by atoms with E-state index in [1.807, 2.05) is 18.2 Å². The number of benzene rings is 2. The van der Waals surface area contributed by atoms with Crippen LogP contribution in [-0.4, -0.2) is 15.9 Å². The average Bonchev–Trinajstić information content (AvgIpc) is 2.64. The Morgan fingerprint density at radius 3 is 2.42 bits per heavy atom. The minimum absolute atomic E-state index is 0.254. The van der Waals surface area contributed by atoms with Gasteiger partial charge < -0.3 is 10.6 Å². The summed E-state index contributed by atoms with van der Waals surface area (Å²) in [4.78, 5) is 21.0. The maximum atomic E-state index is 12.5. The summed E-state index contributed by atoms with van der Waals surface area (Å²) < 4.78 is 0. The van der Waals surface area contributed by atoms with Crippen LogP contribution in [-0.2, 0) is 0 Å². The third kappa shape index (κ3) is 4.18. The van der Waals surface area contributed by atoms with Crippen LogP contribution in [0, 0.1) is 0 Å². The second-order valence-electron chi connectivity index (χ2n) is 6.07. The van der Waals surface area contributed by atoms with E-state index in [2.05, 4.69) is 40.5 Å². The number of aromatic nitrogens is 2. The van der Waals surface area contributed by atoms with Crippen LogP contribution in [0.4, 0.5) is 17.3 Å². The lowest BCUT2D eigenvalue weighted by Crippen LogP contribution is -2.15. The van der Waals surface area contributed by atoms with Crippen LogP contribution in [0.3, 0.4) is 0 Å². The number of rotatable bonds is 5. The van der Waals surface area contributed by atoms with Crippen molar-refractivity contribution in [2.24, 2.45) is 0 Å². The molecule has 0 unspecified atom stereocenters. The molecular weight excluding hydrogens is 348 g/mol. The molecule has 3 aromatic rings. The molecule has 0 aliphatic rings. The predicted molar refractivity (Wildman–Crippen MR) is 105 cm³/mol. The highest BCUT2D eigenvalue weighted by Gasteiger charge is 2.12. The molecule has 0 spiro atoms. The molecule has 2 N–H and O–H groups in total. The molecule has 26 heavy (non-hydrogen) atoms. The van der Waals surface area contributed by atoms with Crippen LogP contribution in [0.25, 0.3) is 0 Å². The SMILES string of the molecule is CC(C)c1ccccc1Nc1nccc(C(=O)Nc2ccccc2Cl)n1. The molecule has 3 rings (SSSR count). The highest BCUT2D eigenvalue weighted by Crippen LogP contribution is 2.26. The fraction of sp³-hybridized carbons (Fsp3) is 0.150. The van der Waals surface area contributed by atoms with E-state index in [1.54, 1.807) is 36.5 Å². The Morgan fingerprint density at radius 2 is 1.69 bits per heavy atom. The predicted octanol–water partition coefficient (Wildman–Crippen LogP) is 5.25. The Labute approximate surface area is 157 Å². The first-order valence-corrected chi connectivity index (χ1v) is 8.67. The van der Waals surface area contributed by atoms with Crippen LogP contribution in [0.2, 0.25) is 5.02 Å². The van der Waals surface area contributed by atoms with Crippen LogP contribution < -0.4 is 10.6 Å². The monoisotopic (exact) mass is 366 g/mol. The van der Waals surface area contributed by atoms with E-state index in [0.29, 0.717) is 22.6 Å². The Balaban J connectivity index is 1.81. The van der Waals surface area contributed by atoms with Crippen molar-refractivity contribution in [3.05, 3.63) is 77.1 Å². The molecule has 1 heterocycles. The fourth-order valence-corrected chi connectivity index (χ4v) is 2.71. The van der Waals surface area contributed by atoms with Gasteiger partial charge in [-0.05, 0) is 35.7 Å². The van der Waals surface area contributed by atoms with E-state index in [4.69, 9.17) is 11.6 Å². The maximum absolute atomic E-state index is 12.5. The lowest BCUT2D eigenvalue weighted by molar-refractivity contribution is 0.102. The molecule has 0 radical (unpaired) electrons. The molecule has 0 saturated carbocycles. The molecule has 1 aromatic heterocycles. The van der Waals surface area contributed by atoms with Gasteiger partial charge in [-0.3, -0.25) is 4.79 Å². The third-order valence-electron chi connectivity index (χ3n) is 3.84. The normalized spacial score (nSPS) is 10.6. The van der Waals surface area contributed by atoms with E-state index in [0.717, 1.165) is 11.3 Å². The third-order valence-corrected chi connectivity index (χ3v) is 4.17. The van der Waals surface area contributed by atoms with Gasteiger partial charge in [0.1, 0.15) is 5.69 Å². The molecule has 0 aliphatic carbocycles. The van der Waals surface area contributed by atoms with Gasteiger partial charge in [0.05, 0.1) is 10.7 Å². The van der Waals surface area contributed by atoms with E-state index >= 15 is 0 Å². The second kappa shape index (κ2) is 7.97. The smallest absolute Gasteiger partial charge is 0.274 e. The zero-order valence-electron chi connectivity index (χ0n) is 14.5. The summed E-state index contributed by atoms with van der Waals surface area (Å²) >= 11 is 6.08. The molecule has 5 nitrogen and oxygen atoms in total. The summed E-state index contributed by atoms with van der Waals surface area (Å²) in [5.74, 6) is 0.371. The van der Waals surface area contributed by atoms with E-state index in [9.17, 15) is 4.79 Å². The molecule has 6 heteroatoms. The Kier molecular flexibility index (Phi) is 5.49. The lowest BCUT2D eigenvalue weighted by Gasteiger charge is -2.13. The van der Waals surface area contributed by atoms with Gasteiger partial charge in [-0.15, -0.1) is 0 Å². The summed E-state index contributed by atoms with van der Waals surface area (Å²) in [5, 5.41) is 6.43. The molecule has 0 aliphatic heterocycles. The second-order valence-corrected chi connectivity index (χ2v) is 6.47. The standard InChI is InChI=1S/C20H19ClN4O/c1-13(2)14-7-3-5-9-16(14)24-20-22-12-11-18(25-20)19(26)23-17-10-6-4-8-15(17)21/h3-13H,1-2H3,(H,23,26)(H,22,24,25). The van der Waals surface area contributed by atoms with Gasteiger partial charge in [-0.2, -0.15) is 0 Å². The van der Waals surface area contributed by atoms with Crippen molar-refractivity contribution < 1.29 is 4.79 Å². The molecule has 132 valence electrons. The van der Waals surface area contributed by atoms with Crippen LogP contribution in [0.15, 0.2) is 60.8 Å². The largest absolute Gasteiger partial charge is 0.324 e. The first-order valence-electron chi connectivity index (χ1n) is 8.29. The zero-order valence-corrected chi connectivity index (χ0v) is 15.3. The lowest BCUT2D eigenvalue weighted by atomic mass is 10.0. The van der Waals surface area contributed by atoms with Crippen molar-refractivity contribution in [1.29, 1.82) is 0 Å². The summed E-state index contributed by atoms with van der Waals surface area (Å²) in [5.41, 5.74) is 2.87. The van der Waals surface area contributed by atoms with Crippen molar-refractivity contribution >= 4 is 34.8 Å². The first kappa shape index (κ1) is 17.9. The number of carbonyl (C=O) groups is 1. The van der Waals surface area contributed by atoms with Crippen LogP contribution >= 0.6 is 11.6 Å². The molecule has 2 aromatic carbocycles. The highest BCUT2D eigenvalue weighted by molar-refractivity contribution is 6.33. The van der Waals surface area contributed by atoms with Crippen molar-refractivity contribution in [2.75, 3.05) is 10.6 Å². The zero-order chi connectivity index (χ0) is 18.5. The van der Waals surface area contributed by atoms with Gasteiger partial charge in [0.2, 0.25) is 5.95 Å². The minimum atomic E-state index is -0.347. The number of hydrogen-bond acceptors (Lipinski definition) is 4. The molecule has 0 fully saturated rings. The molecular formula is C20H19ClN4O. The fourth-order valence-electron chi connectivity index (χ4n) is 2.53. The van der Waals surface area contributed by atoms with Crippen molar-refractivity contribution in [3.63, 3.8) is 0 Å². The Morgan fingerprint density at radius 1 is 1.00 bits per heavy atom. The van der Waals surface area contributed by atoms with E-state index in [-0.39, 0.29) is 11.6 Å². The average molecular weight is 367 g/mol. The van der Waals surface area contributed by atoms with Gasteiger partial charge in [-0.25, -0.2) is 9.97 Å². The topological polar surface area (TPSA) is 66.9 Å². The number of nitrogens with one attached hydrogen (secondary N) is 2. The molecule has 0 bridgehead atoms.